The van der Waals surface area contributed by atoms with E-state index < -0.39 is 0 Å². The van der Waals surface area contributed by atoms with Crippen LogP contribution in [0.25, 0.3) is 0 Å². The lowest BCUT2D eigenvalue weighted by Gasteiger charge is -2.38. The van der Waals surface area contributed by atoms with Gasteiger partial charge < -0.3 is 14.4 Å². The van der Waals surface area contributed by atoms with Crippen LogP contribution in [0.4, 0.5) is 0 Å². The molecule has 5 nitrogen and oxygen atoms in total. The SMILES string of the molecule is O=C(c1ccc(Cl)nc1)N1CCCCC1C1OCCO1. The molecule has 1 atom stereocenters. The summed E-state index contributed by atoms with van der Waals surface area (Å²) in [7, 11) is 0. The second-order valence-electron chi connectivity index (χ2n) is 5.04. The fourth-order valence-corrected chi connectivity index (χ4v) is 2.87. The number of halogens is 1. The molecule has 0 radical (unpaired) electrons. The predicted octanol–water partition coefficient (Wildman–Crippen LogP) is 2.10. The monoisotopic (exact) mass is 296 g/mol. The molecule has 0 bridgehead atoms. The molecule has 0 spiro atoms. The molecule has 20 heavy (non-hydrogen) atoms. The fraction of sp³-hybridized carbons (Fsp3) is 0.571. The van der Waals surface area contributed by atoms with Crippen LogP contribution in [0, 0.1) is 0 Å². The number of ether oxygens (including phenoxy) is 2. The molecule has 2 saturated heterocycles. The second-order valence-corrected chi connectivity index (χ2v) is 5.43. The lowest BCUT2D eigenvalue weighted by atomic mass is 10.0. The molecule has 2 aliphatic heterocycles. The molecular formula is C14H17ClN2O3. The Balaban J connectivity index is 1.78. The van der Waals surface area contributed by atoms with Crippen LogP contribution >= 0.6 is 11.6 Å². The number of carbonyl (C=O) groups is 1. The van der Waals surface area contributed by atoms with E-state index in [-0.39, 0.29) is 18.2 Å². The fourth-order valence-electron chi connectivity index (χ4n) is 2.76. The maximum absolute atomic E-state index is 12.6. The predicted molar refractivity (Wildman–Crippen MR) is 73.6 cm³/mol. The number of carbonyl (C=O) groups excluding carboxylic acids is 1. The Morgan fingerprint density at radius 2 is 2.10 bits per heavy atom. The van der Waals surface area contributed by atoms with Gasteiger partial charge >= 0.3 is 0 Å². The van der Waals surface area contributed by atoms with Gasteiger partial charge in [-0.15, -0.1) is 0 Å². The van der Waals surface area contributed by atoms with Crippen LogP contribution in [0.5, 0.6) is 0 Å². The number of piperidine rings is 1. The highest BCUT2D eigenvalue weighted by Gasteiger charge is 2.36. The van der Waals surface area contributed by atoms with E-state index in [1.807, 2.05) is 4.90 Å². The van der Waals surface area contributed by atoms with Crippen molar-refractivity contribution in [2.45, 2.75) is 31.6 Å². The summed E-state index contributed by atoms with van der Waals surface area (Å²) in [5.74, 6) is -0.0297. The van der Waals surface area contributed by atoms with Crippen molar-refractivity contribution in [3.8, 4) is 0 Å². The zero-order chi connectivity index (χ0) is 13.9. The zero-order valence-electron chi connectivity index (χ0n) is 11.1. The molecule has 3 rings (SSSR count). The van der Waals surface area contributed by atoms with Gasteiger partial charge in [0.05, 0.1) is 24.8 Å². The van der Waals surface area contributed by atoms with E-state index >= 15 is 0 Å². The molecule has 0 saturated carbocycles. The maximum atomic E-state index is 12.6. The Hall–Kier alpha value is -1.17. The number of likely N-dealkylation sites (tertiary alicyclic amines) is 1. The minimum Gasteiger partial charge on any atom is -0.348 e. The van der Waals surface area contributed by atoms with Crippen molar-refractivity contribution in [3.05, 3.63) is 29.0 Å². The average molecular weight is 297 g/mol. The highest BCUT2D eigenvalue weighted by Crippen LogP contribution is 2.26. The first-order valence-corrected chi connectivity index (χ1v) is 7.29. The minimum absolute atomic E-state index is 0.00516. The third-order valence-electron chi connectivity index (χ3n) is 3.75. The summed E-state index contributed by atoms with van der Waals surface area (Å²) in [5.41, 5.74) is 0.555. The number of aromatic nitrogens is 1. The molecule has 0 aliphatic carbocycles. The van der Waals surface area contributed by atoms with Crippen molar-refractivity contribution in [1.29, 1.82) is 0 Å². The van der Waals surface area contributed by atoms with Crippen molar-refractivity contribution >= 4 is 17.5 Å². The number of hydrogen-bond donors (Lipinski definition) is 0. The summed E-state index contributed by atoms with van der Waals surface area (Å²) < 4.78 is 11.1. The van der Waals surface area contributed by atoms with E-state index in [0.29, 0.717) is 23.9 Å². The first-order valence-electron chi connectivity index (χ1n) is 6.91. The van der Waals surface area contributed by atoms with Crippen LogP contribution in [0.3, 0.4) is 0 Å². The van der Waals surface area contributed by atoms with Crippen LogP contribution in [0.1, 0.15) is 29.6 Å². The number of hydrogen-bond acceptors (Lipinski definition) is 4. The molecule has 0 N–H and O–H groups in total. The van der Waals surface area contributed by atoms with E-state index in [1.165, 1.54) is 6.20 Å². The zero-order valence-corrected chi connectivity index (χ0v) is 11.9. The van der Waals surface area contributed by atoms with Crippen LogP contribution in [-0.2, 0) is 9.47 Å². The van der Waals surface area contributed by atoms with Crippen molar-refractivity contribution < 1.29 is 14.3 Å². The number of rotatable bonds is 2. The van der Waals surface area contributed by atoms with Gasteiger partial charge in [-0.05, 0) is 31.4 Å². The van der Waals surface area contributed by atoms with Gasteiger partial charge in [-0.3, -0.25) is 4.79 Å². The smallest absolute Gasteiger partial charge is 0.255 e. The summed E-state index contributed by atoms with van der Waals surface area (Å²) in [6.07, 6.45) is 4.25. The van der Waals surface area contributed by atoms with Gasteiger partial charge in [-0.25, -0.2) is 4.98 Å². The van der Waals surface area contributed by atoms with Gasteiger partial charge in [-0.1, -0.05) is 11.6 Å². The van der Waals surface area contributed by atoms with Gasteiger partial charge in [0, 0.05) is 12.7 Å². The molecule has 6 heteroatoms. The summed E-state index contributed by atoms with van der Waals surface area (Å²) in [4.78, 5) is 18.4. The van der Waals surface area contributed by atoms with Gasteiger partial charge in [0.2, 0.25) is 0 Å². The maximum Gasteiger partial charge on any atom is 0.255 e. The third-order valence-corrected chi connectivity index (χ3v) is 3.97. The normalized spacial score (nSPS) is 24.1. The first-order chi connectivity index (χ1) is 9.75. The Morgan fingerprint density at radius 3 is 2.80 bits per heavy atom. The van der Waals surface area contributed by atoms with Gasteiger partial charge in [-0.2, -0.15) is 0 Å². The number of nitrogens with zero attached hydrogens (tertiary/aromatic N) is 2. The third kappa shape index (κ3) is 2.80. The lowest BCUT2D eigenvalue weighted by molar-refractivity contribution is -0.100. The molecule has 2 fully saturated rings. The Morgan fingerprint density at radius 1 is 1.30 bits per heavy atom. The molecule has 1 unspecified atom stereocenters. The standard InChI is InChI=1S/C14H17ClN2O3/c15-12-5-4-10(9-16-12)13(18)17-6-2-1-3-11(17)14-19-7-8-20-14/h4-5,9,11,14H,1-3,6-8H2. The Kier molecular flexibility index (Phi) is 4.19. The largest absolute Gasteiger partial charge is 0.348 e. The highest BCUT2D eigenvalue weighted by atomic mass is 35.5. The molecule has 1 aromatic heterocycles. The van der Waals surface area contributed by atoms with Crippen molar-refractivity contribution in [2.24, 2.45) is 0 Å². The van der Waals surface area contributed by atoms with E-state index in [0.717, 1.165) is 25.8 Å². The summed E-state index contributed by atoms with van der Waals surface area (Å²) in [5, 5.41) is 0.388. The van der Waals surface area contributed by atoms with Gasteiger partial charge in [0.25, 0.3) is 5.91 Å². The average Bonchev–Trinajstić information content (AvgIpc) is 3.01. The topological polar surface area (TPSA) is 51.7 Å². The second kappa shape index (κ2) is 6.08. The van der Waals surface area contributed by atoms with Crippen LogP contribution in [0.15, 0.2) is 18.3 Å². The Bertz CT molecular complexity index is 474. The molecule has 108 valence electrons. The van der Waals surface area contributed by atoms with Crippen molar-refractivity contribution in [3.63, 3.8) is 0 Å². The number of pyridine rings is 1. The van der Waals surface area contributed by atoms with E-state index in [2.05, 4.69) is 4.98 Å². The molecular weight excluding hydrogens is 280 g/mol. The highest BCUT2D eigenvalue weighted by molar-refractivity contribution is 6.29. The molecule has 3 heterocycles. The Labute approximate surface area is 122 Å². The summed E-state index contributed by atoms with van der Waals surface area (Å²) in [6, 6.07) is 3.34. The van der Waals surface area contributed by atoms with Gasteiger partial charge in [0.1, 0.15) is 5.15 Å². The van der Waals surface area contributed by atoms with E-state index in [1.54, 1.807) is 12.1 Å². The van der Waals surface area contributed by atoms with E-state index in [9.17, 15) is 4.79 Å². The quantitative estimate of drug-likeness (QED) is 0.784. The van der Waals surface area contributed by atoms with Crippen LogP contribution in [-0.4, -0.2) is 47.9 Å². The molecule has 0 aromatic carbocycles. The first kappa shape index (κ1) is 13.8. The molecule has 1 aromatic rings. The minimum atomic E-state index is -0.292. The van der Waals surface area contributed by atoms with Crippen molar-refractivity contribution in [2.75, 3.05) is 19.8 Å². The molecule has 2 aliphatic rings. The van der Waals surface area contributed by atoms with Crippen LogP contribution in [0.2, 0.25) is 5.15 Å². The van der Waals surface area contributed by atoms with Crippen molar-refractivity contribution in [1.82, 2.24) is 9.88 Å². The summed E-state index contributed by atoms with van der Waals surface area (Å²) in [6.45, 7) is 1.94. The lowest BCUT2D eigenvalue weighted by Crippen LogP contribution is -2.50. The molecule has 1 amide bonds. The number of amides is 1. The van der Waals surface area contributed by atoms with Crippen LogP contribution < -0.4 is 0 Å². The summed E-state index contributed by atoms with van der Waals surface area (Å²) >= 11 is 5.76. The van der Waals surface area contributed by atoms with E-state index in [4.69, 9.17) is 21.1 Å². The van der Waals surface area contributed by atoms with Gasteiger partial charge in [0.15, 0.2) is 6.29 Å².